The van der Waals surface area contributed by atoms with Crippen LogP contribution in [0.1, 0.15) is 23.0 Å². The number of imidazole rings is 1. The molecule has 1 fully saturated rings. The molecule has 1 aliphatic rings. The van der Waals surface area contributed by atoms with Gasteiger partial charge in [-0.15, -0.1) is 0 Å². The molecule has 0 spiro atoms. The zero-order valence-corrected chi connectivity index (χ0v) is 7.01. The Labute approximate surface area is 75.0 Å². The van der Waals surface area contributed by atoms with Crippen molar-refractivity contribution in [1.82, 2.24) is 9.55 Å². The molecule has 13 heavy (non-hydrogen) atoms. The van der Waals surface area contributed by atoms with E-state index in [1.807, 2.05) is 0 Å². The molecule has 2 rings (SSSR count). The Kier molecular flexibility index (Phi) is 2.02. The van der Waals surface area contributed by atoms with Crippen LogP contribution >= 0.6 is 0 Å². The van der Waals surface area contributed by atoms with Gasteiger partial charge in [0.05, 0.1) is 19.0 Å². The molecule has 2 heterocycles. The maximum absolute atomic E-state index is 10.5. The minimum atomic E-state index is -0.988. The Hall–Kier alpha value is -1.36. The molecule has 1 saturated heterocycles. The average Bonchev–Trinajstić information content (AvgIpc) is 2.75. The highest BCUT2D eigenvalue weighted by Crippen LogP contribution is 2.18. The molecule has 1 N–H and O–H groups in total. The van der Waals surface area contributed by atoms with E-state index in [9.17, 15) is 4.79 Å². The summed E-state index contributed by atoms with van der Waals surface area (Å²) in [4.78, 5) is 14.3. The Morgan fingerprint density at radius 1 is 1.77 bits per heavy atom. The highest BCUT2D eigenvalue weighted by Gasteiger charge is 2.18. The molecule has 0 bridgehead atoms. The van der Waals surface area contributed by atoms with Crippen LogP contribution < -0.4 is 0 Å². The van der Waals surface area contributed by atoms with Crippen LogP contribution in [0.15, 0.2) is 12.5 Å². The summed E-state index contributed by atoms with van der Waals surface area (Å²) in [6.07, 6.45) is 4.01. The Balaban J connectivity index is 2.16. The van der Waals surface area contributed by atoms with E-state index in [-0.39, 0.29) is 11.7 Å². The van der Waals surface area contributed by atoms with Crippen molar-refractivity contribution in [1.29, 1.82) is 0 Å². The summed E-state index contributed by atoms with van der Waals surface area (Å²) in [6.45, 7) is 1.39. The van der Waals surface area contributed by atoms with Crippen LogP contribution in [0.3, 0.4) is 0 Å². The van der Waals surface area contributed by atoms with Crippen molar-refractivity contribution in [3.63, 3.8) is 0 Å². The molecule has 1 aromatic rings. The van der Waals surface area contributed by atoms with Crippen LogP contribution in [0.25, 0.3) is 0 Å². The molecule has 0 radical (unpaired) electrons. The molecule has 1 unspecified atom stereocenters. The van der Waals surface area contributed by atoms with Crippen molar-refractivity contribution in [3.05, 3.63) is 18.2 Å². The standard InChI is InChI=1S/C8H10N2O3/c11-8(12)7-3-10(5-9-7)6-1-2-13-4-6/h3,5-6H,1-2,4H2,(H,11,12). The number of nitrogens with zero attached hydrogens (tertiary/aromatic N) is 2. The predicted molar refractivity (Wildman–Crippen MR) is 43.7 cm³/mol. The first-order chi connectivity index (χ1) is 6.27. The van der Waals surface area contributed by atoms with Crippen molar-refractivity contribution >= 4 is 5.97 Å². The van der Waals surface area contributed by atoms with Crippen LogP contribution in [0.4, 0.5) is 0 Å². The fraction of sp³-hybridized carbons (Fsp3) is 0.500. The minimum absolute atomic E-state index is 0.0897. The topological polar surface area (TPSA) is 64.3 Å². The van der Waals surface area contributed by atoms with Gasteiger partial charge in [-0.2, -0.15) is 0 Å². The number of aromatic carboxylic acids is 1. The minimum Gasteiger partial charge on any atom is -0.476 e. The van der Waals surface area contributed by atoms with Gasteiger partial charge in [0.25, 0.3) is 0 Å². The van der Waals surface area contributed by atoms with E-state index in [2.05, 4.69) is 4.98 Å². The van der Waals surface area contributed by atoms with Gasteiger partial charge in [0, 0.05) is 12.8 Å². The number of hydrogen-bond acceptors (Lipinski definition) is 3. The van der Waals surface area contributed by atoms with Gasteiger partial charge < -0.3 is 14.4 Å². The molecular weight excluding hydrogens is 172 g/mol. The zero-order chi connectivity index (χ0) is 9.26. The fourth-order valence-electron chi connectivity index (χ4n) is 1.40. The number of hydrogen-bond donors (Lipinski definition) is 1. The van der Waals surface area contributed by atoms with Gasteiger partial charge in [-0.1, -0.05) is 0 Å². The Morgan fingerprint density at radius 2 is 2.62 bits per heavy atom. The summed E-state index contributed by atoms with van der Waals surface area (Å²) in [5.41, 5.74) is 0.0897. The number of carboxylic acid groups (broad SMARTS) is 1. The molecule has 0 aromatic carbocycles. The van der Waals surface area contributed by atoms with Gasteiger partial charge in [0.1, 0.15) is 0 Å². The first-order valence-electron chi connectivity index (χ1n) is 4.12. The quantitative estimate of drug-likeness (QED) is 0.725. The predicted octanol–water partition coefficient (Wildman–Crippen LogP) is 0.543. The highest BCUT2D eigenvalue weighted by molar-refractivity contribution is 5.84. The summed E-state index contributed by atoms with van der Waals surface area (Å²) in [6, 6.07) is 0.251. The molecular formula is C8H10N2O3. The summed E-state index contributed by atoms with van der Waals surface area (Å²) in [5, 5.41) is 8.63. The van der Waals surface area contributed by atoms with E-state index in [0.29, 0.717) is 6.61 Å². The van der Waals surface area contributed by atoms with E-state index in [0.717, 1.165) is 13.0 Å². The second-order valence-corrected chi connectivity index (χ2v) is 3.03. The molecule has 1 atom stereocenters. The smallest absolute Gasteiger partial charge is 0.356 e. The molecule has 5 nitrogen and oxygen atoms in total. The molecule has 1 aliphatic heterocycles. The maximum atomic E-state index is 10.5. The maximum Gasteiger partial charge on any atom is 0.356 e. The third kappa shape index (κ3) is 1.55. The van der Waals surface area contributed by atoms with Crippen molar-refractivity contribution < 1.29 is 14.6 Å². The molecule has 5 heteroatoms. The fourth-order valence-corrected chi connectivity index (χ4v) is 1.40. The first kappa shape index (κ1) is 8.25. The molecule has 0 aliphatic carbocycles. The monoisotopic (exact) mass is 182 g/mol. The van der Waals surface area contributed by atoms with Gasteiger partial charge in [-0.3, -0.25) is 0 Å². The Morgan fingerprint density at radius 3 is 3.15 bits per heavy atom. The second-order valence-electron chi connectivity index (χ2n) is 3.03. The van der Waals surface area contributed by atoms with Crippen LogP contribution in [-0.2, 0) is 4.74 Å². The van der Waals surface area contributed by atoms with Crippen molar-refractivity contribution in [3.8, 4) is 0 Å². The lowest BCUT2D eigenvalue weighted by atomic mass is 10.2. The van der Waals surface area contributed by atoms with Gasteiger partial charge in [0.15, 0.2) is 5.69 Å². The summed E-state index contributed by atoms with van der Waals surface area (Å²) >= 11 is 0. The van der Waals surface area contributed by atoms with Crippen molar-refractivity contribution in [2.45, 2.75) is 12.5 Å². The average molecular weight is 182 g/mol. The summed E-state index contributed by atoms with van der Waals surface area (Å²) in [5.74, 6) is -0.988. The number of carboxylic acids is 1. The van der Waals surface area contributed by atoms with E-state index < -0.39 is 5.97 Å². The molecule has 0 amide bonds. The van der Waals surface area contributed by atoms with Crippen LogP contribution in [-0.4, -0.2) is 33.8 Å². The van der Waals surface area contributed by atoms with Gasteiger partial charge in [0.2, 0.25) is 0 Å². The van der Waals surface area contributed by atoms with E-state index in [1.54, 1.807) is 17.1 Å². The zero-order valence-electron chi connectivity index (χ0n) is 7.01. The molecule has 1 aromatic heterocycles. The van der Waals surface area contributed by atoms with Gasteiger partial charge in [-0.25, -0.2) is 9.78 Å². The van der Waals surface area contributed by atoms with Gasteiger partial charge in [-0.05, 0) is 6.42 Å². The van der Waals surface area contributed by atoms with Crippen LogP contribution in [0.5, 0.6) is 0 Å². The normalized spacial score (nSPS) is 22.0. The van der Waals surface area contributed by atoms with Crippen molar-refractivity contribution in [2.75, 3.05) is 13.2 Å². The number of carbonyl (C=O) groups is 1. The van der Waals surface area contributed by atoms with Gasteiger partial charge >= 0.3 is 5.97 Å². The summed E-state index contributed by atoms with van der Waals surface area (Å²) in [7, 11) is 0. The molecule has 0 saturated carbocycles. The lowest BCUT2D eigenvalue weighted by Gasteiger charge is -2.07. The third-order valence-corrected chi connectivity index (χ3v) is 2.15. The molecule has 70 valence electrons. The van der Waals surface area contributed by atoms with Crippen molar-refractivity contribution in [2.24, 2.45) is 0 Å². The second kappa shape index (κ2) is 3.18. The number of aromatic nitrogens is 2. The SMILES string of the molecule is O=C(O)c1cn(C2CCOC2)cn1. The lowest BCUT2D eigenvalue weighted by molar-refractivity contribution is 0.0691. The van der Waals surface area contributed by atoms with E-state index in [4.69, 9.17) is 9.84 Å². The lowest BCUT2D eigenvalue weighted by Crippen LogP contribution is -2.06. The van der Waals surface area contributed by atoms with E-state index in [1.165, 1.54) is 0 Å². The number of ether oxygens (including phenoxy) is 1. The Bertz CT molecular complexity index is 315. The number of rotatable bonds is 2. The van der Waals surface area contributed by atoms with E-state index >= 15 is 0 Å². The third-order valence-electron chi connectivity index (χ3n) is 2.15. The van der Waals surface area contributed by atoms with Crippen LogP contribution in [0.2, 0.25) is 0 Å². The largest absolute Gasteiger partial charge is 0.476 e. The highest BCUT2D eigenvalue weighted by atomic mass is 16.5. The summed E-state index contributed by atoms with van der Waals surface area (Å²) < 4.78 is 6.99. The first-order valence-corrected chi connectivity index (χ1v) is 4.12. The van der Waals surface area contributed by atoms with Crippen LogP contribution in [0, 0.1) is 0 Å².